The van der Waals surface area contributed by atoms with Crippen LogP contribution in [0.1, 0.15) is 12.8 Å². The molecule has 0 aliphatic heterocycles. The lowest BCUT2D eigenvalue weighted by Gasteiger charge is -2.15. The van der Waals surface area contributed by atoms with Crippen molar-refractivity contribution in [2.45, 2.75) is 18.9 Å². The van der Waals surface area contributed by atoms with Crippen LogP contribution in [-0.4, -0.2) is 29.1 Å². The van der Waals surface area contributed by atoms with Gasteiger partial charge in [0.15, 0.2) is 0 Å². The molecule has 21 heavy (non-hydrogen) atoms. The first-order chi connectivity index (χ1) is 9.79. The number of nitrogens with one attached hydrogen (secondary N) is 2. The van der Waals surface area contributed by atoms with Gasteiger partial charge in [0.1, 0.15) is 6.04 Å². The van der Waals surface area contributed by atoms with Gasteiger partial charge in [-0.25, -0.2) is 9.59 Å². The Morgan fingerprint density at radius 1 is 1.38 bits per heavy atom. The van der Waals surface area contributed by atoms with Gasteiger partial charge in [-0.1, -0.05) is 27.5 Å². The van der Waals surface area contributed by atoms with Crippen LogP contribution in [0.2, 0.25) is 5.02 Å². The number of carboxylic acids is 1. The maximum absolute atomic E-state index is 11.8. The number of urea groups is 1. The molecule has 0 radical (unpaired) electrons. The minimum Gasteiger partial charge on any atom is -0.480 e. The average Bonchev–Trinajstić information content (AvgIpc) is 2.38. The normalized spacial score (nSPS) is 11.5. The van der Waals surface area contributed by atoms with Crippen LogP contribution in [0.3, 0.4) is 0 Å². The van der Waals surface area contributed by atoms with E-state index in [2.05, 4.69) is 26.6 Å². The molecule has 9 heteroatoms. The second-order valence-corrected chi connectivity index (χ2v) is 5.44. The molecule has 1 atom stereocenters. The van der Waals surface area contributed by atoms with Gasteiger partial charge in [-0.3, -0.25) is 4.79 Å². The third-order valence-electron chi connectivity index (χ3n) is 2.46. The number of aliphatic carboxylic acids is 1. The van der Waals surface area contributed by atoms with Crippen molar-refractivity contribution in [3.05, 3.63) is 27.7 Å². The molecule has 1 aromatic rings. The molecular formula is C12H13BrClN3O4. The summed E-state index contributed by atoms with van der Waals surface area (Å²) in [6.45, 7) is 0. The van der Waals surface area contributed by atoms with Gasteiger partial charge in [0.2, 0.25) is 5.91 Å². The first kappa shape index (κ1) is 17.3. The van der Waals surface area contributed by atoms with Gasteiger partial charge in [0.25, 0.3) is 0 Å². The number of primary amides is 1. The summed E-state index contributed by atoms with van der Waals surface area (Å²) >= 11 is 9.13. The molecule has 0 unspecified atom stereocenters. The molecular weight excluding hydrogens is 366 g/mol. The van der Waals surface area contributed by atoms with Crippen LogP contribution in [-0.2, 0) is 9.59 Å². The van der Waals surface area contributed by atoms with E-state index < -0.39 is 23.9 Å². The molecule has 0 aliphatic carbocycles. The number of carbonyl (C=O) groups excluding carboxylic acids is 2. The predicted octanol–water partition coefficient (Wildman–Crippen LogP) is 1.94. The predicted molar refractivity (Wildman–Crippen MR) is 81.2 cm³/mol. The highest BCUT2D eigenvalue weighted by Crippen LogP contribution is 2.25. The van der Waals surface area contributed by atoms with Crippen LogP contribution in [0, 0.1) is 0 Å². The Morgan fingerprint density at radius 2 is 2.05 bits per heavy atom. The van der Waals surface area contributed by atoms with Crippen molar-refractivity contribution >= 4 is 51.1 Å². The first-order valence-electron chi connectivity index (χ1n) is 5.83. The van der Waals surface area contributed by atoms with Crippen molar-refractivity contribution in [3.63, 3.8) is 0 Å². The molecule has 1 aromatic carbocycles. The van der Waals surface area contributed by atoms with Crippen molar-refractivity contribution in [2.75, 3.05) is 5.32 Å². The van der Waals surface area contributed by atoms with E-state index in [4.69, 9.17) is 22.4 Å². The van der Waals surface area contributed by atoms with Crippen molar-refractivity contribution in [1.82, 2.24) is 5.32 Å². The largest absolute Gasteiger partial charge is 0.480 e. The standard InChI is InChI=1S/C12H13BrClN3O4/c13-6-1-2-7(14)9(5-6)17-12(21)16-8(11(19)20)3-4-10(15)18/h1-2,5,8H,3-4H2,(H2,15,18)(H,19,20)(H2,16,17,21)/t8-/m1/s1. The number of carboxylic acid groups (broad SMARTS) is 1. The summed E-state index contributed by atoms with van der Waals surface area (Å²) in [7, 11) is 0. The fraction of sp³-hybridized carbons (Fsp3) is 0.250. The Morgan fingerprint density at radius 3 is 2.62 bits per heavy atom. The molecule has 0 saturated heterocycles. The summed E-state index contributed by atoms with van der Waals surface area (Å²) in [6.07, 6.45) is -0.237. The zero-order valence-electron chi connectivity index (χ0n) is 10.7. The number of amides is 3. The fourth-order valence-electron chi connectivity index (χ4n) is 1.45. The van der Waals surface area contributed by atoms with Crippen LogP contribution >= 0.6 is 27.5 Å². The molecule has 0 aliphatic rings. The van der Waals surface area contributed by atoms with Gasteiger partial charge in [-0.2, -0.15) is 0 Å². The highest BCUT2D eigenvalue weighted by molar-refractivity contribution is 9.10. The molecule has 3 amide bonds. The van der Waals surface area contributed by atoms with Crippen LogP contribution in [0.4, 0.5) is 10.5 Å². The summed E-state index contributed by atoms with van der Waals surface area (Å²) in [5, 5.41) is 13.9. The number of nitrogens with two attached hydrogens (primary N) is 1. The molecule has 0 bridgehead atoms. The summed E-state index contributed by atoms with van der Waals surface area (Å²) in [5.74, 6) is -1.90. The van der Waals surface area contributed by atoms with Gasteiger partial charge in [-0.15, -0.1) is 0 Å². The van der Waals surface area contributed by atoms with Gasteiger partial charge < -0.3 is 21.5 Å². The molecule has 7 nitrogen and oxygen atoms in total. The first-order valence-corrected chi connectivity index (χ1v) is 7.00. The summed E-state index contributed by atoms with van der Waals surface area (Å²) in [4.78, 5) is 33.4. The SMILES string of the molecule is NC(=O)CC[C@@H](NC(=O)Nc1cc(Br)ccc1Cl)C(=O)O. The molecule has 0 fully saturated rings. The quantitative estimate of drug-likeness (QED) is 0.604. The van der Waals surface area contributed by atoms with E-state index >= 15 is 0 Å². The Balaban J connectivity index is 2.67. The third-order valence-corrected chi connectivity index (χ3v) is 3.28. The maximum Gasteiger partial charge on any atom is 0.326 e. The lowest BCUT2D eigenvalue weighted by Crippen LogP contribution is -2.43. The van der Waals surface area contributed by atoms with Gasteiger partial charge in [0, 0.05) is 10.9 Å². The topological polar surface area (TPSA) is 122 Å². The van der Waals surface area contributed by atoms with E-state index in [1.807, 2.05) is 0 Å². The Labute approximate surface area is 134 Å². The number of halogens is 2. The molecule has 0 saturated carbocycles. The van der Waals surface area contributed by atoms with Crippen LogP contribution in [0.15, 0.2) is 22.7 Å². The summed E-state index contributed by atoms with van der Waals surface area (Å²) in [6, 6.07) is 2.87. The molecule has 0 heterocycles. The Hall–Kier alpha value is -1.80. The lowest BCUT2D eigenvalue weighted by atomic mass is 10.1. The zero-order chi connectivity index (χ0) is 16.0. The van der Waals surface area contributed by atoms with Gasteiger partial charge >= 0.3 is 12.0 Å². The fourth-order valence-corrected chi connectivity index (χ4v) is 1.98. The second kappa shape index (κ2) is 7.84. The maximum atomic E-state index is 11.8. The third kappa shape index (κ3) is 6.01. The van der Waals surface area contributed by atoms with Gasteiger partial charge in [-0.05, 0) is 24.6 Å². The summed E-state index contributed by atoms with van der Waals surface area (Å²) < 4.78 is 0.700. The number of hydrogen-bond acceptors (Lipinski definition) is 3. The zero-order valence-corrected chi connectivity index (χ0v) is 13.1. The minimum atomic E-state index is -1.26. The molecule has 114 valence electrons. The molecule has 0 spiro atoms. The van der Waals surface area contributed by atoms with Crippen LogP contribution < -0.4 is 16.4 Å². The van der Waals surface area contributed by atoms with E-state index in [0.717, 1.165) is 0 Å². The Kier molecular flexibility index (Phi) is 6.44. The van der Waals surface area contributed by atoms with Crippen molar-refractivity contribution in [2.24, 2.45) is 5.73 Å². The summed E-state index contributed by atoms with van der Waals surface area (Å²) in [5.41, 5.74) is 5.27. The van der Waals surface area contributed by atoms with Crippen LogP contribution in [0.25, 0.3) is 0 Å². The average molecular weight is 379 g/mol. The number of hydrogen-bond donors (Lipinski definition) is 4. The molecule has 1 rings (SSSR count). The van der Waals surface area contributed by atoms with Crippen molar-refractivity contribution in [1.29, 1.82) is 0 Å². The number of rotatable bonds is 6. The molecule has 5 N–H and O–H groups in total. The van der Waals surface area contributed by atoms with E-state index in [-0.39, 0.29) is 12.8 Å². The second-order valence-electron chi connectivity index (χ2n) is 4.12. The highest BCUT2D eigenvalue weighted by Gasteiger charge is 2.20. The van der Waals surface area contributed by atoms with Gasteiger partial charge in [0.05, 0.1) is 10.7 Å². The Bertz CT molecular complexity index is 567. The number of anilines is 1. The number of benzene rings is 1. The van der Waals surface area contributed by atoms with Crippen molar-refractivity contribution in [3.8, 4) is 0 Å². The van der Waals surface area contributed by atoms with E-state index in [0.29, 0.717) is 15.2 Å². The minimum absolute atomic E-state index is 0.0930. The van der Waals surface area contributed by atoms with E-state index in [1.165, 1.54) is 0 Å². The van der Waals surface area contributed by atoms with Crippen molar-refractivity contribution < 1.29 is 19.5 Å². The van der Waals surface area contributed by atoms with E-state index in [1.54, 1.807) is 18.2 Å². The lowest BCUT2D eigenvalue weighted by molar-refractivity contribution is -0.139. The number of carbonyl (C=O) groups is 3. The van der Waals surface area contributed by atoms with Crippen LogP contribution in [0.5, 0.6) is 0 Å². The smallest absolute Gasteiger partial charge is 0.326 e. The van der Waals surface area contributed by atoms with E-state index in [9.17, 15) is 14.4 Å². The monoisotopic (exact) mass is 377 g/mol. The highest BCUT2D eigenvalue weighted by atomic mass is 79.9. The molecule has 0 aromatic heterocycles.